The van der Waals surface area contributed by atoms with Gasteiger partial charge in [-0.2, -0.15) is 0 Å². The van der Waals surface area contributed by atoms with Crippen LogP contribution < -0.4 is 0 Å². The zero-order valence-corrected chi connectivity index (χ0v) is 13.8. The molecule has 2 aromatic heterocycles. The van der Waals surface area contributed by atoms with E-state index in [0.717, 1.165) is 48.9 Å². The molecule has 3 heterocycles. The second-order valence-electron chi connectivity index (χ2n) is 5.63. The molecule has 0 unspecified atom stereocenters. The molecule has 7 heteroatoms. The van der Waals surface area contributed by atoms with Crippen LogP contribution in [0, 0.1) is 0 Å². The van der Waals surface area contributed by atoms with Gasteiger partial charge in [-0.15, -0.1) is 0 Å². The highest BCUT2D eigenvalue weighted by Gasteiger charge is 2.18. The van der Waals surface area contributed by atoms with Gasteiger partial charge in [-0.1, -0.05) is 11.8 Å². The zero-order chi connectivity index (χ0) is 15.5. The first-order valence-corrected chi connectivity index (χ1v) is 8.50. The van der Waals surface area contributed by atoms with Crippen LogP contribution in [0.5, 0.6) is 0 Å². The minimum absolute atomic E-state index is 0.195. The normalized spacial score (nSPS) is 16.9. The highest BCUT2D eigenvalue weighted by molar-refractivity contribution is 7.99. The van der Waals surface area contributed by atoms with Crippen molar-refractivity contribution in [3.8, 4) is 0 Å². The van der Waals surface area contributed by atoms with Gasteiger partial charge in [0, 0.05) is 32.9 Å². The van der Waals surface area contributed by atoms with Gasteiger partial charge in [-0.25, -0.2) is 9.97 Å². The second-order valence-corrected chi connectivity index (χ2v) is 6.57. The van der Waals surface area contributed by atoms with E-state index in [2.05, 4.69) is 21.9 Å². The largest absolute Gasteiger partial charge is 0.341 e. The SMILES string of the molecule is CN1CCCN(C(=O)CSc2nc3cccnc3n2C)CC1. The molecule has 0 aromatic carbocycles. The van der Waals surface area contributed by atoms with Crippen molar-refractivity contribution in [1.82, 2.24) is 24.3 Å². The molecule has 0 saturated carbocycles. The summed E-state index contributed by atoms with van der Waals surface area (Å²) in [5.41, 5.74) is 1.73. The molecule has 1 aliphatic heterocycles. The second kappa shape index (κ2) is 6.66. The van der Waals surface area contributed by atoms with Crippen molar-refractivity contribution in [1.29, 1.82) is 0 Å². The van der Waals surface area contributed by atoms with Gasteiger partial charge in [0.05, 0.1) is 5.75 Å². The maximum atomic E-state index is 12.4. The Morgan fingerprint density at radius 2 is 2.14 bits per heavy atom. The quantitative estimate of drug-likeness (QED) is 0.796. The monoisotopic (exact) mass is 319 g/mol. The fourth-order valence-electron chi connectivity index (χ4n) is 2.65. The number of amides is 1. The molecule has 2 aromatic rings. The number of hydrogen-bond acceptors (Lipinski definition) is 5. The first-order valence-electron chi connectivity index (χ1n) is 7.51. The summed E-state index contributed by atoms with van der Waals surface area (Å²) in [6, 6.07) is 3.82. The average molecular weight is 319 g/mol. The minimum atomic E-state index is 0.195. The molecule has 1 amide bonds. The van der Waals surface area contributed by atoms with Crippen LogP contribution in [0.25, 0.3) is 11.2 Å². The number of nitrogens with zero attached hydrogens (tertiary/aromatic N) is 5. The summed E-state index contributed by atoms with van der Waals surface area (Å²) in [7, 11) is 4.05. The number of imidazole rings is 1. The Kier molecular flexibility index (Phi) is 4.63. The Labute approximate surface area is 134 Å². The average Bonchev–Trinajstić information content (AvgIpc) is 2.69. The lowest BCUT2D eigenvalue weighted by atomic mass is 10.4. The number of aromatic nitrogens is 3. The van der Waals surface area contributed by atoms with Crippen LogP contribution in [0.15, 0.2) is 23.5 Å². The molecule has 22 heavy (non-hydrogen) atoms. The van der Waals surface area contributed by atoms with E-state index in [4.69, 9.17) is 0 Å². The van der Waals surface area contributed by atoms with Crippen molar-refractivity contribution in [3.63, 3.8) is 0 Å². The summed E-state index contributed by atoms with van der Waals surface area (Å²) < 4.78 is 1.95. The van der Waals surface area contributed by atoms with Crippen LogP contribution in [-0.4, -0.2) is 69.2 Å². The fourth-order valence-corrected chi connectivity index (χ4v) is 3.52. The summed E-state index contributed by atoms with van der Waals surface area (Å²) >= 11 is 1.49. The molecule has 6 nitrogen and oxygen atoms in total. The highest BCUT2D eigenvalue weighted by Crippen LogP contribution is 2.21. The molecule has 0 spiro atoms. The minimum Gasteiger partial charge on any atom is -0.341 e. The summed E-state index contributed by atoms with van der Waals surface area (Å²) in [5.74, 6) is 0.626. The third-order valence-corrected chi connectivity index (χ3v) is 5.00. The first kappa shape index (κ1) is 15.3. The summed E-state index contributed by atoms with van der Waals surface area (Å²) in [6.07, 6.45) is 2.81. The van der Waals surface area contributed by atoms with Gasteiger partial charge in [0.15, 0.2) is 10.8 Å². The number of likely N-dealkylation sites (N-methyl/N-ethyl adjacent to an activating group) is 1. The Hall–Kier alpha value is -1.60. The van der Waals surface area contributed by atoms with Crippen LogP contribution in [0.2, 0.25) is 0 Å². The van der Waals surface area contributed by atoms with Crippen LogP contribution in [0.4, 0.5) is 0 Å². The van der Waals surface area contributed by atoms with Crippen molar-refractivity contribution >= 4 is 28.8 Å². The lowest BCUT2D eigenvalue weighted by molar-refractivity contribution is -0.128. The van der Waals surface area contributed by atoms with E-state index >= 15 is 0 Å². The van der Waals surface area contributed by atoms with Crippen LogP contribution in [0.1, 0.15) is 6.42 Å². The number of carbonyl (C=O) groups excluding carboxylic acids is 1. The number of hydrogen-bond donors (Lipinski definition) is 0. The van der Waals surface area contributed by atoms with Crippen LogP contribution in [-0.2, 0) is 11.8 Å². The fraction of sp³-hybridized carbons (Fsp3) is 0.533. The lowest BCUT2D eigenvalue weighted by Gasteiger charge is -2.20. The van der Waals surface area contributed by atoms with E-state index in [1.165, 1.54) is 11.8 Å². The van der Waals surface area contributed by atoms with Gasteiger partial charge in [0.25, 0.3) is 0 Å². The molecule has 0 atom stereocenters. The lowest BCUT2D eigenvalue weighted by Crippen LogP contribution is -2.35. The standard InChI is InChI=1S/C15H21N5OS/c1-18-7-4-8-20(10-9-18)13(21)11-22-15-17-12-5-3-6-16-14(12)19(15)2/h3,5-6H,4,7-11H2,1-2H3. The maximum Gasteiger partial charge on any atom is 0.233 e. The number of fused-ring (bicyclic) bond motifs is 1. The number of thioether (sulfide) groups is 1. The van der Waals surface area contributed by atoms with Crippen molar-refractivity contribution in [2.24, 2.45) is 7.05 Å². The third kappa shape index (κ3) is 3.25. The summed E-state index contributed by atoms with van der Waals surface area (Å²) in [6.45, 7) is 3.69. The van der Waals surface area contributed by atoms with Crippen LogP contribution >= 0.6 is 11.8 Å². The molecule has 1 saturated heterocycles. The molecule has 1 fully saturated rings. The van der Waals surface area contributed by atoms with Crippen molar-refractivity contribution in [2.45, 2.75) is 11.6 Å². The third-order valence-electron chi connectivity index (χ3n) is 3.98. The molecule has 3 rings (SSSR count). The predicted molar refractivity (Wildman–Crippen MR) is 87.9 cm³/mol. The number of rotatable bonds is 3. The van der Waals surface area contributed by atoms with Gasteiger partial charge >= 0.3 is 0 Å². The van der Waals surface area contributed by atoms with E-state index < -0.39 is 0 Å². The van der Waals surface area contributed by atoms with Crippen molar-refractivity contribution in [3.05, 3.63) is 18.3 Å². The van der Waals surface area contributed by atoms with E-state index in [-0.39, 0.29) is 5.91 Å². The molecule has 0 aliphatic carbocycles. The topological polar surface area (TPSA) is 54.3 Å². The van der Waals surface area contributed by atoms with Gasteiger partial charge in [0.1, 0.15) is 5.52 Å². The van der Waals surface area contributed by atoms with E-state index in [0.29, 0.717) is 5.75 Å². The summed E-state index contributed by atoms with van der Waals surface area (Å²) in [4.78, 5) is 25.5. The zero-order valence-electron chi connectivity index (χ0n) is 13.0. The molecular formula is C15H21N5OS. The van der Waals surface area contributed by atoms with E-state index in [9.17, 15) is 4.79 Å². The smallest absolute Gasteiger partial charge is 0.233 e. The number of aryl methyl sites for hydroxylation is 1. The highest BCUT2D eigenvalue weighted by atomic mass is 32.2. The molecule has 0 radical (unpaired) electrons. The van der Waals surface area contributed by atoms with Gasteiger partial charge in [-0.3, -0.25) is 4.79 Å². The predicted octanol–water partition coefficient (Wildman–Crippen LogP) is 1.22. The van der Waals surface area contributed by atoms with E-state index in [1.54, 1.807) is 6.20 Å². The molecule has 0 N–H and O–H groups in total. The number of carbonyl (C=O) groups is 1. The van der Waals surface area contributed by atoms with Crippen LogP contribution in [0.3, 0.4) is 0 Å². The maximum absolute atomic E-state index is 12.4. The van der Waals surface area contributed by atoms with Gasteiger partial charge in [0.2, 0.25) is 5.91 Å². The van der Waals surface area contributed by atoms with Gasteiger partial charge in [-0.05, 0) is 32.1 Å². The molecular weight excluding hydrogens is 298 g/mol. The molecule has 118 valence electrons. The Bertz CT molecular complexity index is 671. The van der Waals surface area contributed by atoms with Crippen molar-refractivity contribution < 1.29 is 4.79 Å². The molecule has 1 aliphatic rings. The Morgan fingerprint density at radius 3 is 2.95 bits per heavy atom. The first-order chi connectivity index (χ1) is 10.6. The molecule has 0 bridgehead atoms. The van der Waals surface area contributed by atoms with Crippen molar-refractivity contribution in [2.75, 3.05) is 39.0 Å². The van der Waals surface area contributed by atoms with Gasteiger partial charge < -0.3 is 14.4 Å². The Morgan fingerprint density at radius 1 is 1.27 bits per heavy atom. The van der Waals surface area contributed by atoms with E-state index in [1.807, 2.05) is 28.6 Å². The Balaban J connectivity index is 1.63. The number of pyridine rings is 1. The summed E-state index contributed by atoms with van der Waals surface area (Å²) in [5, 5.41) is 0.842.